The van der Waals surface area contributed by atoms with Crippen LogP contribution in [0.15, 0.2) is 42.8 Å². The van der Waals surface area contributed by atoms with Gasteiger partial charge in [-0.2, -0.15) is 13.2 Å². The van der Waals surface area contributed by atoms with E-state index >= 15 is 0 Å². The van der Waals surface area contributed by atoms with Gasteiger partial charge in [-0.1, -0.05) is 12.2 Å². The third-order valence-corrected chi connectivity index (χ3v) is 2.18. The van der Waals surface area contributed by atoms with Crippen LogP contribution in [-0.2, 0) is 6.18 Å². The van der Waals surface area contributed by atoms with Crippen molar-refractivity contribution >= 4 is 5.69 Å². The fourth-order valence-corrected chi connectivity index (χ4v) is 1.41. The van der Waals surface area contributed by atoms with E-state index in [1.54, 1.807) is 23.2 Å². The molecule has 2 nitrogen and oxygen atoms in total. The van der Waals surface area contributed by atoms with E-state index in [-0.39, 0.29) is 0 Å². The van der Waals surface area contributed by atoms with Crippen LogP contribution < -0.4 is 4.90 Å². The third kappa shape index (κ3) is 2.24. The summed E-state index contributed by atoms with van der Waals surface area (Å²) in [7, 11) is 0. The summed E-state index contributed by atoms with van der Waals surface area (Å²) in [5.74, 6) is 0. The third-order valence-electron chi connectivity index (χ3n) is 2.18. The predicted molar refractivity (Wildman–Crippen MR) is 54.9 cm³/mol. The summed E-state index contributed by atoms with van der Waals surface area (Å²) in [4.78, 5) is 5.03. The van der Waals surface area contributed by atoms with E-state index in [1.807, 2.05) is 12.2 Å². The highest BCUT2D eigenvalue weighted by Gasteiger charge is 2.32. The molecule has 0 aromatic carbocycles. The van der Waals surface area contributed by atoms with Crippen molar-refractivity contribution < 1.29 is 13.2 Å². The number of nitrogens with zero attached hydrogens (tertiary/aromatic N) is 2. The van der Waals surface area contributed by atoms with Crippen LogP contribution in [-0.4, -0.2) is 11.5 Å². The van der Waals surface area contributed by atoms with Crippen LogP contribution in [0.4, 0.5) is 18.9 Å². The largest absolute Gasteiger partial charge is 0.433 e. The number of anilines is 1. The first-order valence-corrected chi connectivity index (χ1v) is 4.70. The molecule has 0 amide bonds. The van der Waals surface area contributed by atoms with Crippen LogP contribution in [0.5, 0.6) is 0 Å². The molecule has 0 bridgehead atoms. The van der Waals surface area contributed by atoms with Crippen molar-refractivity contribution in [2.45, 2.75) is 6.18 Å². The molecular formula is C11H9F3N2. The van der Waals surface area contributed by atoms with Gasteiger partial charge in [-0.3, -0.25) is 4.98 Å². The first kappa shape index (κ1) is 10.7. The van der Waals surface area contributed by atoms with E-state index in [9.17, 15) is 13.2 Å². The predicted octanol–water partition coefficient (Wildman–Crippen LogP) is 2.99. The quantitative estimate of drug-likeness (QED) is 0.731. The number of hydrogen-bond acceptors (Lipinski definition) is 2. The van der Waals surface area contributed by atoms with Gasteiger partial charge < -0.3 is 4.90 Å². The number of alkyl halides is 3. The average molecular weight is 226 g/mol. The molecule has 0 saturated heterocycles. The molecule has 2 rings (SSSR count). The summed E-state index contributed by atoms with van der Waals surface area (Å²) in [5, 5.41) is 0. The second kappa shape index (κ2) is 4.00. The van der Waals surface area contributed by atoms with E-state index in [4.69, 9.17) is 0 Å². The highest BCUT2D eigenvalue weighted by Crippen LogP contribution is 2.30. The minimum absolute atomic E-state index is 0.489. The van der Waals surface area contributed by atoms with Gasteiger partial charge in [0.25, 0.3) is 0 Å². The van der Waals surface area contributed by atoms with Gasteiger partial charge in [0.05, 0.1) is 0 Å². The lowest BCUT2D eigenvalue weighted by Crippen LogP contribution is -2.18. The van der Waals surface area contributed by atoms with Gasteiger partial charge in [0.2, 0.25) is 0 Å². The van der Waals surface area contributed by atoms with Crippen molar-refractivity contribution in [3.05, 3.63) is 48.5 Å². The molecule has 5 heteroatoms. The highest BCUT2D eigenvalue weighted by atomic mass is 19.4. The minimum Gasteiger partial charge on any atom is -0.344 e. The molecule has 1 aliphatic rings. The van der Waals surface area contributed by atoms with E-state index in [1.165, 1.54) is 6.20 Å². The summed E-state index contributed by atoms with van der Waals surface area (Å²) in [6.45, 7) is 0.567. The van der Waals surface area contributed by atoms with Crippen molar-refractivity contribution in [2.75, 3.05) is 11.4 Å². The van der Waals surface area contributed by atoms with Gasteiger partial charge in [-0.15, -0.1) is 0 Å². The van der Waals surface area contributed by atoms with Crippen molar-refractivity contribution in [1.29, 1.82) is 0 Å². The van der Waals surface area contributed by atoms with Gasteiger partial charge in [-0.05, 0) is 18.2 Å². The van der Waals surface area contributed by atoms with E-state index in [2.05, 4.69) is 4.98 Å². The Labute approximate surface area is 90.7 Å². The monoisotopic (exact) mass is 226 g/mol. The molecule has 0 unspecified atom stereocenters. The Morgan fingerprint density at radius 2 is 2.06 bits per heavy atom. The summed E-state index contributed by atoms with van der Waals surface area (Å²) in [6.07, 6.45) is 4.00. The van der Waals surface area contributed by atoms with Gasteiger partial charge in [-0.25, -0.2) is 0 Å². The molecule has 16 heavy (non-hydrogen) atoms. The molecule has 1 aliphatic heterocycles. The summed E-state index contributed by atoms with van der Waals surface area (Å²) in [5.41, 5.74) is -0.379. The summed E-state index contributed by atoms with van der Waals surface area (Å²) >= 11 is 0. The zero-order valence-electron chi connectivity index (χ0n) is 8.28. The number of rotatable bonds is 1. The van der Waals surface area contributed by atoms with Crippen LogP contribution in [0.3, 0.4) is 0 Å². The Hall–Kier alpha value is -1.78. The van der Waals surface area contributed by atoms with Crippen LogP contribution >= 0.6 is 0 Å². The lowest BCUT2D eigenvalue weighted by atomic mass is 10.2. The van der Waals surface area contributed by atoms with Crippen LogP contribution in [0, 0.1) is 0 Å². The highest BCUT2D eigenvalue weighted by molar-refractivity contribution is 5.51. The Morgan fingerprint density at radius 1 is 1.25 bits per heavy atom. The van der Waals surface area contributed by atoms with E-state index < -0.39 is 11.9 Å². The molecule has 0 N–H and O–H groups in total. The van der Waals surface area contributed by atoms with Crippen LogP contribution in [0.1, 0.15) is 5.69 Å². The molecule has 84 valence electrons. The molecule has 1 aromatic heterocycles. The van der Waals surface area contributed by atoms with Crippen molar-refractivity contribution in [3.63, 3.8) is 0 Å². The lowest BCUT2D eigenvalue weighted by molar-refractivity contribution is -0.141. The molecule has 0 saturated carbocycles. The Kier molecular flexibility index (Phi) is 2.68. The molecule has 1 aromatic rings. The topological polar surface area (TPSA) is 16.1 Å². The minimum atomic E-state index is -4.40. The van der Waals surface area contributed by atoms with Crippen molar-refractivity contribution in [2.24, 2.45) is 0 Å². The van der Waals surface area contributed by atoms with Crippen LogP contribution in [0.2, 0.25) is 0 Å². The lowest BCUT2D eigenvalue weighted by Gasteiger charge is -2.21. The van der Waals surface area contributed by atoms with Gasteiger partial charge in [0.15, 0.2) is 0 Å². The summed E-state index contributed by atoms with van der Waals surface area (Å²) in [6, 6.07) is 2.60. The smallest absolute Gasteiger partial charge is 0.344 e. The normalized spacial score (nSPS) is 15.6. The molecule has 2 heterocycles. The van der Waals surface area contributed by atoms with Gasteiger partial charge in [0.1, 0.15) is 5.69 Å². The fraction of sp³-hybridized carbons (Fsp3) is 0.182. The van der Waals surface area contributed by atoms with Crippen molar-refractivity contribution in [1.82, 2.24) is 4.98 Å². The second-order valence-electron chi connectivity index (χ2n) is 3.32. The molecule has 0 aliphatic carbocycles. The van der Waals surface area contributed by atoms with E-state index in [0.29, 0.717) is 12.2 Å². The maximum absolute atomic E-state index is 12.4. The number of halogens is 3. The SMILES string of the molecule is FC(F)(F)c1cc(N2C=CC=CC2)ccn1. The average Bonchev–Trinajstić information content (AvgIpc) is 2.29. The summed E-state index contributed by atoms with van der Waals surface area (Å²) < 4.78 is 37.3. The van der Waals surface area contributed by atoms with Gasteiger partial charge >= 0.3 is 6.18 Å². The number of hydrogen-bond donors (Lipinski definition) is 0. The Bertz CT molecular complexity index is 435. The molecular weight excluding hydrogens is 217 g/mol. The zero-order chi connectivity index (χ0) is 11.6. The maximum atomic E-state index is 12.4. The number of aromatic nitrogens is 1. The maximum Gasteiger partial charge on any atom is 0.433 e. The standard InChI is InChI=1S/C11H9F3N2/c12-11(13,14)10-8-9(4-5-15-10)16-6-2-1-3-7-16/h1-6,8H,7H2. The first-order chi connectivity index (χ1) is 7.57. The molecule has 0 radical (unpaired) electrons. The second-order valence-corrected chi connectivity index (χ2v) is 3.32. The Morgan fingerprint density at radius 3 is 2.69 bits per heavy atom. The molecule has 0 fully saturated rings. The van der Waals surface area contributed by atoms with E-state index in [0.717, 1.165) is 6.07 Å². The first-order valence-electron chi connectivity index (χ1n) is 4.70. The zero-order valence-corrected chi connectivity index (χ0v) is 8.28. The Balaban J connectivity index is 2.29. The van der Waals surface area contributed by atoms with Crippen molar-refractivity contribution in [3.8, 4) is 0 Å². The molecule has 0 atom stereocenters. The number of allylic oxidation sites excluding steroid dienone is 2. The number of pyridine rings is 1. The molecule has 0 spiro atoms. The van der Waals surface area contributed by atoms with Gasteiger partial charge in [0, 0.05) is 24.6 Å². The van der Waals surface area contributed by atoms with Crippen LogP contribution in [0.25, 0.3) is 0 Å². The fourth-order valence-electron chi connectivity index (χ4n) is 1.41.